The number of amides is 1. The third kappa shape index (κ3) is 5.17. The molecule has 3 aromatic rings. The zero-order valence-corrected chi connectivity index (χ0v) is 16.4. The Morgan fingerprint density at radius 3 is 2.45 bits per heavy atom. The largest absolute Gasteiger partial charge is 0.322 e. The highest BCUT2D eigenvalue weighted by Gasteiger charge is 2.20. The zero-order chi connectivity index (χ0) is 21.0. The van der Waals surface area contributed by atoms with E-state index in [0.29, 0.717) is 10.6 Å². The highest BCUT2D eigenvalue weighted by Crippen LogP contribution is 2.19. The van der Waals surface area contributed by atoms with Crippen molar-refractivity contribution in [2.45, 2.75) is 11.4 Å². The van der Waals surface area contributed by atoms with Gasteiger partial charge in [0.1, 0.15) is 11.6 Å². The standard InChI is InChI=1S/C20H15ClF2N2O3S/c21-18-7-2-1-4-13(18)12-24-29(27,28)16-8-9-19(23)17(11-16)20(26)25-15-6-3-5-14(22)10-15/h1-11,24H,12H2,(H,25,26). The summed E-state index contributed by atoms with van der Waals surface area (Å²) in [6.45, 7) is -0.0792. The summed E-state index contributed by atoms with van der Waals surface area (Å²) in [5, 5.41) is 2.73. The molecule has 0 fully saturated rings. The van der Waals surface area contributed by atoms with Crippen molar-refractivity contribution < 1.29 is 22.0 Å². The fourth-order valence-corrected chi connectivity index (χ4v) is 3.74. The van der Waals surface area contributed by atoms with Crippen LogP contribution < -0.4 is 10.0 Å². The summed E-state index contributed by atoms with van der Waals surface area (Å²) in [4.78, 5) is 12.0. The van der Waals surface area contributed by atoms with E-state index in [1.165, 1.54) is 18.2 Å². The Morgan fingerprint density at radius 1 is 0.966 bits per heavy atom. The van der Waals surface area contributed by atoms with Crippen molar-refractivity contribution in [3.8, 4) is 0 Å². The summed E-state index contributed by atoms with van der Waals surface area (Å²) in [6, 6.07) is 14.6. The zero-order valence-electron chi connectivity index (χ0n) is 14.8. The van der Waals surface area contributed by atoms with Gasteiger partial charge in [0.2, 0.25) is 10.0 Å². The molecular weight excluding hydrogens is 422 g/mol. The SMILES string of the molecule is O=C(Nc1cccc(F)c1)c1cc(S(=O)(=O)NCc2ccccc2Cl)ccc1F. The minimum atomic E-state index is -4.04. The van der Waals surface area contributed by atoms with Gasteiger partial charge in [0.25, 0.3) is 5.91 Å². The maximum atomic E-state index is 14.1. The van der Waals surface area contributed by atoms with Gasteiger partial charge < -0.3 is 5.32 Å². The van der Waals surface area contributed by atoms with Crippen LogP contribution in [0.25, 0.3) is 0 Å². The van der Waals surface area contributed by atoms with Gasteiger partial charge in [-0.2, -0.15) is 0 Å². The second kappa shape index (κ2) is 8.69. The smallest absolute Gasteiger partial charge is 0.258 e. The maximum absolute atomic E-state index is 14.1. The van der Waals surface area contributed by atoms with Gasteiger partial charge in [-0.15, -0.1) is 0 Å². The Hall–Kier alpha value is -2.81. The molecule has 9 heteroatoms. The number of carbonyl (C=O) groups excluding carboxylic acids is 1. The Bertz CT molecular complexity index is 1170. The van der Waals surface area contributed by atoms with Crippen LogP contribution in [0.3, 0.4) is 0 Å². The summed E-state index contributed by atoms with van der Waals surface area (Å²) in [6.07, 6.45) is 0. The van der Waals surface area contributed by atoms with Gasteiger partial charge in [0, 0.05) is 17.3 Å². The van der Waals surface area contributed by atoms with Crippen LogP contribution in [0.1, 0.15) is 15.9 Å². The average molecular weight is 437 g/mol. The molecule has 0 saturated carbocycles. The van der Waals surface area contributed by atoms with Crippen LogP contribution in [0.2, 0.25) is 5.02 Å². The van der Waals surface area contributed by atoms with Gasteiger partial charge in [-0.3, -0.25) is 4.79 Å². The molecule has 0 radical (unpaired) electrons. The van der Waals surface area contributed by atoms with Gasteiger partial charge in [-0.05, 0) is 48.0 Å². The molecule has 1 amide bonds. The summed E-state index contributed by atoms with van der Waals surface area (Å²) in [5.41, 5.74) is 0.179. The molecule has 0 saturated heterocycles. The van der Waals surface area contributed by atoms with Gasteiger partial charge in [0.15, 0.2) is 0 Å². The van der Waals surface area contributed by atoms with Gasteiger partial charge in [-0.1, -0.05) is 35.9 Å². The van der Waals surface area contributed by atoms with Crippen LogP contribution in [-0.4, -0.2) is 14.3 Å². The monoisotopic (exact) mass is 436 g/mol. The molecular formula is C20H15ClF2N2O3S. The molecule has 2 N–H and O–H groups in total. The second-order valence-corrected chi connectivity index (χ2v) is 8.20. The van der Waals surface area contributed by atoms with Gasteiger partial charge in [0.05, 0.1) is 10.5 Å². The van der Waals surface area contributed by atoms with E-state index in [4.69, 9.17) is 11.6 Å². The quantitative estimate of drug-likeness (QED) is 0.603. The number of hydrogen-bond acceptors (Lipinski definition) is 3. The molecule has 5 nitrogen and oxygen atoms in total. The Labute approximate surface area is 171 Å². The Kier molecular flexibility index (Phi) is 6.26. The number of hydrogen-bond donors (Lipinski definition) is 2. The number of benzene rings is 3. The van der Waals surface area contributed by atoms with Crippen molar-refractivity contribution in [2.24, 2.45) is 0 Å². The van der Waals surface area contributed by atoms with Crippen molar-refractivity contribution in [3.63, 3.8) is 0 Å². The second-order valence-electron chi connectivity index (χ2n) is 6.02. The molecule has 0 heterocycles. The summed E-state index contributed by atoms with van der Waals surface area (Å²) in [5.74, 6) is -2.40. The molecule has 3 aromatic carbocycles. The molecule has 0 atom stereocenters. The molecule has 0 aromatic heterocycles. The fraction of sp³-hybridized carbons (Fsp3) is 0.0500. The minimum Gasteiger partial charge on any atom is -0.322 e. The van der Waals surface area contributed by atoms with Crippen molar-refractivity contribution in [2.75, 3.05) is 5.32 Å². The highest BCUT2D eigenvalue weighted by atomic mass is 35.5. The normalized spacial score (nSPS) is 11.3. The lowest BCUT2D eigenvalue weighted by molar-refractivity contribution is 0.102. The van der Waals surface area contributed by atoms with Crippen LogP contribution in [0.15, 0.2) is 71.6 Å². The van der Waals surface area contributed by atoms with E-state index in [-0.39, 0.29) is 17.1 Å². The van der Waals surface area contributed by atoms with E-state index in [9.17, 15) is 22.0 Å². The number of anilines is 1. The van der Waals surface area contributed by atoms with Crippen molar-refractivity contribution in [1.29, 1.82) is 0 Å². The number of halogens is 3. The number of rotatable bonds is 6. The molecule has 150 valence electrons. The van der Waals surface area contributed by atoms with E-state index < -0.39 is 33.1 Å². The minimum absolute atomic E-state index is 0.0792. The van der Waals surface area contributed by atoms with Crippen LogP contribution in [-0.2, 0) is 16.6 Å². The lowest BCUT2D eigenvalue weighted by Crippen LogP contribution is -2.24. The molecule has 0 aliphatic carbocycles. The van der Waals surface area contributed by atoms with Crippen molar-refractivity contribution >= 4 is 33.2 Å². The van der Waals surface area contributed by atoms with E-state index in [1.807, 2.05) is 0 Å². The third-order valence-corrected chi connectivity index (χ3v) is 5.75. The van der Waals surface area contributed by atoms with Gasteiger partial charge in [-0.25, -0.2) is 21.9 Å². The Morgan fingerprint density at radius 2 is 1.72 bits per heavy atom. The van der Waals surface area contributed by atoms with E-state index in [0.717, 1.165) is 24.3 Å². The molecule has 29 heavy (non-hydrogen) atoms. The number of carbonyl (C=O) groups is 1. The molecule has 0 bridgehead atoms. The first kappa shape index (κ1) is 20.9. The first-order valence-electron chi connectivity index (χ1n) is 8.36. The molecule has 0 aliphatic rings. The molecule has 0 spiro atoms. The first-order valence-corrected chi connectivity index (χ1v) is 10.2. The highest BCUT2D eigenvalue weighted by molar-refractivity contribution is 7.89. The first-order chi connectivity index (χ1) is 13.8. The molecule has 0 unspecified atom stereocenters. The van der Waals surface area contributed by atoms with Crippen LogP contribution in [0, 0.1) is 11.6 Å². The topological polar surface area (TPSA) is 75.3 Å². The predicted octanol–water partition coefficient (Wildman–Crippen LogP) is 4.35. The maximum Gasteiger partial charge on any atom is 0.258 e. The van der Waals surface area contributed by atoms with E-state index >= 15 is 0 Å². The summed E-state index contributed by atoms with van der Waals surface area (Å²) >= 11 is 6.01. The lowest BCUT2D eigenvalue weighted by atomic mass is 10.2. The number of sulfonamides is 1. The summed E-state index contributed by atoms with van der Waals surface area (Å²) < 4.78 is 54.8. The molecule has 3 rings (SSSR count). The van der Waals surface area contributed by atoms with Crippen LogP contribution >= 0.6 is 11.6 Å². The summed E-state index contributed by atoms with van der Waals surface area (Å²) in [7, 11) is -4.04. The lowest BCUT2D eigenvalue weighted by Gasteiger charge is -2.11. The fourth-order valence-electron chi connectivity index (χ4n) is 2.51. The van der Waals surface area contributed by atoms with Crippen molar-refractivity contribution in [3.05, 3.63) is 94.5 Å². The number of nitrogens with one attached hydrogen (secondary N) is 2. The van der Waals surface area contributed by atoms with Gasteiger partial charge >= 0.3 is 0 Å². The average Bonchev–Trinajstić information content (AvgIpc) is 2.67. The third-order valence-electron chi connectivity index (χ3n) is 3.99. The molecule has 0 aliphatic heterocycles. The van der Waals surface area contributed by atoms with Crippen LogP contribution in [0.5, 0.6) is 0 Å². The van der Waals surface area contributed by atoms with E-state index in [1.54, 1.807) is 24.3 Å². The Balaban J connectivity index is 1.81. The van der Waals surface area contributed by atoms with E-state index in [2.05, 4.69) is 10.0 Å². The predicted molar refractivity (Wildman–Crippen MR) is 106 cm³/mol. The van der Waals surface area contributed by atoms with Crippen molar-refractivity contribution in [1.82, 2.24) is 4.72 Å². The van der Waals surface area contributed by atoms with Crippen LogP contribution in [0.4, 0.5) is 14.5 Å².